The Balaban J connectivity index is 1.93. The van der Waals surface area contributed by atoms with E-state index in [2.05, 4.69) is 10.3 Å². The van der Waals surface area contributed by atoms with Crippen LogP contribution in [0.3, 0.4) is 0 Å². The summed E-state index contributed by atoms with van der Waals surface area (Å²) in [4.78, 5) is 14.8. The molecule has 8 heteroatoms. The van der Waals surface area contributed by atoms with Gasteiger partial charge in [0.25, 0.3) is 0 Å². The lowest BCUT2D eigenvalue weighted by molar-refractivity contribution is -0.131. The number of thiophene rings is 1. The third-order valence-corrected chi connectivity index (χ3v) is 3.98. The van der Waals surface area contributed by atoms with E-state index >= 15 is 0 Å². The molecule has 0 saturated heterocycles. The monoisotopic (exact) mass is 313 g/mol. The van der Waals surface area contributed by atoms with Crippen LogP contribution in [0.4, 0.5) is 0 Å². The molecule has 2 N–H and O–H groups in total. The molecular weight excluding hydrogens is 298 g/mol. The molecule has 2 heterocycles. The maximum atomic E-state index is 12.1. The van der Waals surface area contributed by atoms with Gasteiger partial charge in [0.1, 0.15) is 6.54 Å². The van der Waals surface area contributed by atoms with Crippen molar-refractivity contribution in [1.29, 1.82) is 0 Å². The molecule has 0 radical (unpaired) electrons. The van der Waals surface area contributed by atoms with Gasteiger partial charge in [-0.1, -0.05) is 16.8 Å². The van der Waals surface area contributed by atoms with E-state index in [0.717, 1.165) is 9.21 Å². The lowest BCUT2D eigenvalue weighted by Gasteiger charge is -2.15. The van der Waals surface area contributed by atoms with Crippen LogP contribution in [0, 0.1) is 0 Å². The standard InChI is InChI=1S/C12H16ClN5OS/c1-8(14)10-6-18(16-15-10)7-12(19)17(2)5-9-3-4-11(13)20-9/h3-4,6,8H,5,7,14H2,1-2H3. The highest BCUT2D eigenvalue weighted by atomic mass is 35.5. The summed E-state index contributed by atoms with van der Waals surface area (Å²) in [5.41, 5.74) is 6.37. The SMILES string of the molecule is CC(N)c1cn(CC(=O)N(C)Cc2ccc(Cl)s2)nn1. The Morgan fingerprint density at radius 1 is 1.60 bits per heavy atom. The molecule has 0 aliphatic rings. The van der Waals surface area contributed by atoms with Crippen LogP contribution < -0.4 is 5.73 Å². The highest BCUT2D eigenvalue weighted by Crippen LogP contribution is 2.22. The average Bonchev–Trinajstić information content (AvgIpc) is 2.98. The number of carbonyl (C=O) groups is 1. The first-order chi connectivity index (χ1) is 9.45. The van der Waals surface area contributed by atoms with Crippen molar-refractivity contribution in [3.05, 3.63) is 33.2 Å². The highest BCUT2D eigenvalue weighted by Gasteiger charge is 2.13. The van der Waals surface area contributed by atoms with E-state index in [9.17, 15) is 4.79 Å². The van der Waals surface area contributed by atoms with Gasteiger partial charge in [0, 0.05) is 18.0 Å². The van der Waals surface area contributed by atoms with E-state index in [1.54, 1.807) is 18.1 Å². The van der Waals surface area contributed by atoms with Crippen molar-refractivity contribution in [3.8, 4) is 0 Å². The molecular formula is C12H16ClN5OS. The van der Waals surface area contributed by atoms with Gasteiger partial charge in [-0.2, -0.15) is 0 Å². The summed E-state index contributed by atoms with van der Waals surface area (Å²) in [6.45, 7) is 2.50. The molecule has 6 nitrogen and oxygen atoms in total. The van der Waals surface area contributed by atoms with Gasteiger partial charge < -0.3 is 10.6 Å². The minimum absolute atomic E-state index is 0.0457. The van der Waals surface area contributed by atoms with Gasteiger partial charge in [-0.25, -0.2) is 4.68 Å². The zero-order chi connectivity index (χ0) is 14.7. The molecule has 0 bridgehead atoms. The van der Waals surface area contributed by atoms with Crippen LogP contribution in [0.15, 0.2) is 18.3 Å². The number of halogens is 1. The normalized spacial score (nSPS) is 12.4. The first-order valence-electron chi connectivity index (χ1n) is 6.09. The molecule has 2 aromatic heterocycles. The zero-order valence-electron chi connectivity index (χ0n) is 11.3. The average molecular weight is 314 g/mol. The van der Waals surface area contributed by atoms with Crippen molar-refractivity contribution in [2.45, 2.75) is 26.1 Å². The maximum Gasteiger partial charge on any atom is 0.244 e. The number of nitrogens with zero attached hydrogens (tertiary/aromatic N) is 4. The van der Waals surface area contributed by atoms with E-state index in [0.29, 0.717) is 12.2 Å². The quantitative estimate of drug-likeness (QED) is 0.911. The molecule has 0 aromatic carbocycles. The van der Waals surface area contributed by atoms with Gasteiger partial charge in [0.05, 0.1) is 22.8 Å². The molecule has 0 spiro atoms. The van der Waals surface area contributed by atoms with Crippen LogP contribution in [0.2, 0.25) is 4.34 Å². The molecule has 1 unspecified atom stereocenters. The van der Waals surface area contributed by atoms with E-state index in [1.165, 1.54) is 16.0 Å². The van der Waals surface area contributed by atoms with Gasteiger partial charge in [0.2, 0.25) is 5.91 Å². The van der Waals surface area contributed by atoms with Gasteiger partial charge in [-0.3, -0.25) is 4.79 Å². The number of carbonyl (C=O) groups excluding carboxylic acids is 1. The van der Waals surface area contributed by atoms with E-state index < -0.39 is 0 Å². The van der Waals surface area contributed by atoms with Crippen LogP contribution >= 0.6 is 22.9 Å². The summed E-state index contributed by atoms with van der Waals surface area (Å²) in [7, 11) is 1.75. The molecule has 1 atom stereocenters. The van der Waals surface area contributed by atoms with Crippen molar-refractivity contribution in [2.75, 3.05) is 7.05 Å². The second kappa shape index (κ2) is 6.34. The van der Waals surface area contributed by atoms with Crippen LogP contribution in [-0.2, 0) is 17.9 Å². The van der Waals surface area contributed by atoms with Gasteiger partial charge in [-0.05, 0) is 19.1 Å². The van der Waals surface area contributed by atoms with Gasteiger partial charge in [0.15, 0.2) is 0 Å². The summed E-state index contributed by atoms with van der Waals surface area (Å²) >= 11 is 7.33. The summed E-state index contributed by atoms with van der Waals surface area (Å²) in [6, 6.07) is 3.55. The third kappa shape index (κ3) is 3.78. The second-order valence-electron chi connectivity index (χ2n) is 4.59. The van der Waals surface area contributed by atoms with E-state index in [4.69, 9.17) is 17.3 Å². The Morgan fingerprint density at radius 3 is 2.90 bits per heavy atom. The minimum atomic E-state index is -0.190. The van der Waals surface area contributed by atoms with Crippen molar-refractivity contribution in [1.82, 2.24) is 19.9 Å². The molecule has 108 valence electrons. The lowest BCUT2D eigenvalue weighted by Crippen LogP contribution is -2.29. The van der Waals surface area contributed by atoms with Crippen LogP contribution in [0.5, 0.6) is 0 Å². The fraction of sp³-hybridized carbons (Fsp3) is 0.417. The van der Waals surface area contributed by atoms with E-state index in [-0.39, 0.29) is 18.5 Å². The maximum absolute atomic E-state index is 12.1. The Bertz CT molecular complexity index is 594. The largest absolute Gasteiger partial charge is 0.339 e. The molecule has 0 aliphatic heterocycles. The molecule has 0 aliphatic carbocycles. The zero-order valence-corrected chi connectivity index (χ0v) is 12.9. The van der Waals surface area contributed by atoms with Crippen molar-refractivity contribution in [3.63, 3.8) is 0 Å². The Morgan fingerprint density at radius 2 is 2.35 bits per heavy atom. The number of likely N-dealkylation sites (N-methyl/N-ethyl adjacent to an activating group) is 1. The topological polar surface area (TPSA) is 77.0 Å². The first-order valence-corrected chi connectivity index (χ1v) is 7.29. The van der Waals surface area contributed by atoms with Crippen LogP contribution in [0.25, 0.3) is 0 Å². The summed E-state index contributed by atoms with van der Waals surface area (Å²) in [5.74, 6) is -0.0457. The number of amides is 1. The fourth-order valence-corrected chi connectivity index (χ4v) is 2.76. The fourth-order valence-electron chi connectivity index (χ4n) is 1.62. The van der Waals surface area contributed by atoms with Crippen molar-refractivity contribution < 1.29 is 4.79 Å². The Kier molecular flexibility index (Phi) is 4.74. The van der Waals surface area contributed by atoms with Gasteiger partial charge in [-0.15, -0.1) is 16.4 Å². The lowest BCUT2D eigenvalue weighted by atomic mass is 10.3. The number of aromatic nitrogens is 3. The molecule has 20 heavy (non-hydrogen) atoms. The van der Waals surface area contributed by atoms with E-state index in [1.807, 2.05) is 19.1 Å². The number of nitrogens with two attached hydrogens (primary N) is 1. The van der Waals surface area contributed by atoms with Crippen molar-refractivity contribution in [2.24, 2.45) is 5.73 Å². The Hall–Kier alpha value is -1.44. The molecule has 0 saturated carbocycles. The summed E-state index contributed by atoms with van der Waals surface area (Å²) < 4.78 is 2.22. The molecule has 1 amide bonds. The predicted molar refractivity (Wildman–Crippen MR) is 78.4 cm³/mol. The van der Waals surface area contributed by atoms with Crippen molar-refractivity contribution >= 4 is 28.8 Å². The third-order valence-electron chi connectivity index (χ3n) is 2.77. The number of hydrogen-bond donors (Lipinski definition) is 1. The Labute approximate surface area is 126 Å². The molecule has 2 aromatic rings. The van der Waals surface area contributed by atoms with Crippen LogP contribution in [0.1, 0.15) is 23.5 Å². The highest BCUT2D eigenvalue weighted by molar-refractivity contribution is 7.16. The first kappa shape index (κ1) is 15.0. The molecule has 2 rings (SSSR count). The van der Waals surface area contributed by atoms with Gasteiger partial charge >= 0.3 is 0 Å². The smallest absolute Gasteiger partial charge is 0.244 e. The summed E-state index contributed by atoms with van der Waals surface area (Å²) in [6.07, 6.45) is 1.69. The summed E-state index contributed by atoms with van der Waals surface area (Å²) in [5, 5.41) is 7.81. The minimum Gasteiger partial charge on any atom is -0.339 e. The second-order valence-corrected chi connectivity index (χ2v) is 6.38. The molecule has 0 fully saturated rings. The van der Waals surface area contributed by atoms with Crippen LogP contribution in [-0.4, -0.2) is 32.8 Å². The number of hydrogen-bond acceptors (Lipinski definition) is 5. The number of rotatable bonds is 5. The predicted octanol–water partition coefficient (Wildman–Crippen LogP) is 1.67.